The molecule has 0 spiro atoms. The number of ether oxygens (including phenoxy) is 1. The molecule has 1 N–H and O–H groups in total. The fraction of sp³-hybridized carbons (Fsp3) is 0.750. The van der Waals surface area contributed by atoms with Crippen LogP contribution in [0.3, 0.4) is 0 Å². The zero-order valence-corrected chi connectivity index (χ0v) is 15.5. The van der Waals surface area contributed by atoms with Crippen molar-refractivity contribution in [1.29, 1.82) is 0 Å². The highest BCUT2D eigenvalue weighted by atomic mass is 35.5. The van der Waals surface area contributed by atoms with Crippen LogP contribution < -0.4 is 5.32 Å². The zero-order valence-electron chi connectivity index (χ0n) is 13.8. The van der Waals surface area contributed by atoms with Crippen molar-refractivity contribution in [3.63, 3.8) is 0 Å². The number of hydrogen-bond acceptors (Lipinski definition) is 6. The fourth-order valence-electron chi connectivity index (χ4n) is 3.58. The predicted molar refractivity (Wildman–Crippen MR) is 94.6 cm³/mol. The number of rotatable bonds is 4. The van der Waals surface area contributed by atoms with Crippen molar-refractivity contribution >= 4 is 29.7 Å². The molecular formula is C16H26ClN3O2S. The predicted octanol–water partition coefficient (Wildman–Crippen LogP) is 2.80. The highest BCUT2D eigenvalue weighted by Crippen LogP contribution is 2.36. The van der Waals surface area contributed by atoms with Crippen LogP contribution in [0, 0.1) is 12.8 Å². The molecule has 2 atom stereocenters. The van der Waals surface area contributed by atoms with E-state index in [1.807, 2.05) is 6.92 Å². The molecule has 1 aromatic heterocycles. The van der Waals surface area contributed by atoms with Gasteiger partial charge in [0.15, 0.2) is 5.69 Å². The highest BCUT2D eigenvalue weighted by molar-refractivity contribution is 7.11. The van der Waals surface area contributed by atoms with Gasteiger partial charge in [0.25, 0.3) is 0 Å². The van der Waals surface area contributed by atoms with Gasteiger partial charge in [-0.3, -0.25) is 4.90 Å². The third-order valence-corrected chi connectivity index (χ3v) is 5.80. The number of nitrogens with zero attached hydrogens (tertiary/aromatic N) is 2. The maximum absolute atomic E-state index is 11.8. The lowest BCUT2D eigenvalue weighted by atomic mass is 9.99. The van der Waals surface area contributed by atoms with Crippen LogP contribution in [0.2, 0.25) is 0 Å². The summed E-state index contributed by atoms with van der Waals surface area (Å²) in [5.41, 5.74) is 0.494. The molecule has 0 aliphatic carbocycles. The lowest BCUT2D eigenvalue weighted by Crippen LogP contribution is -2.38. The molecule has 0 bridgehead atoms. The van der Waals surface area contributed by atoms with Crippen molar-refractivity contribution in [2.75, 3.05) is 33.3 Å². The number of esters is 1. The second kappa shape index (κ2) is 8.42. The molecule has 2 fully saturated rings. The number of likely N-dealkylation sites (tertiary alicyclic amines) is 1. The van der Waals surface area contributed by atoms with Crippen molar-refractivity contribution < 1.29 is 9.53 Å². The average molecular weight is 360 g/mol. The first-order chi connectivity index (χ1) is 10.7. The van der Waals surface area contributed by atoms with E-state index in [2.05, 4.69) is 15.2 Å². The van der Waals surface area contributed by atoms with Crippen LogP contribution in [0.1, 0.15) is 52.1 Å². The molecule has 130 valence electrons. The van der Waals surface area contributed by atoms with Gasteiger partial charge >= 0.3 is 5.97 Å². The average Bonchev–Trinajstić information content (AvgIpc) is 3.14. The van der Waals surface area contributed by atoms with Crippen molar-refractivity contribution in [2.45, 2.75) is 38.6 Å². The summed E-state index contributed by atoms with van der Waals surface area (Å²) in [4.78, 5) is 19.9. The van der Waals surface area contributed by atoms with E-state index in [0.717, 1.165) is 48.4 Å². The standard InChI is InChI=1S/C16H25N3O2S.ClH/c1-11-14(16(20)21-2)18-15(22-11)13-6-4-8-19(13)10-12-5-3-7-17-9-12;/h12-13,17H,3-10H2,1-2H3;1H. The molecule has 0 amide bonds. The molecule has 1 aromatic rings. The van der Waals surface area contributed by atoms with Crippen LogP contribution in [-0.4, -0.2) is 49.1 Å². The molecule has 2 unspecified atom stereocenters. The fourth-order valence-corrected chi connectivity index (χ4v) is 4.66. The second-order valence-electron chi connectivity index (χ2n) is 6.31. The van der Waals surface area contributed by atoms with E-state index in [9.17, 15) is 4.79 Å². The molecule has 23 heavy (non-hydrogen) atoms. The van der Waals surface area contributed by atoms with Crippen molar-refractivity contribution in [3.05, 3.63) is 15.6 Å². The molecule has 0 aromatic carbocycles. The van der Waals surface area contributed by atoms with Gasteiger partial charge in [-0.2, -0.15) is 0 Å². The topological polar surface area (TPSA) is 54.5 Å². The number of piperidine rings is 1. The summed E-state index contributed by atoms with van der Waals surface area (Å²) in [6.07, 6.45) is 4.97. The number of nitrogens with one attached hydrogen (secondary N) is 1. The van der Waals surface area contributed by atoms with E-state index in [1.165, 1.54) is 26.4 Å². The number of hydrogen-bond donors (Lipinski definition) is 1. The van der Waals surface area contributed by atoms with E-state index < -0.39 is 0 Å². The summed E-state index contributed by atoms with van der Waals surface area (Å²) in [7, 11) is 1.42. The first-order valence-electron chi connectivity index (χ1n) is 8.19. The van der Waals surface area contributed by atoms with Gasteiger partial charge in [-0.05, 0) is 58.2 Å². The quantitative estimate of drug-likeness (QED) is 0.838. The van der Waals surface area contributed by atoms with Gasteiger partial charge in [-0.25, -0.2) is 9.78 Å². The summed E-state index contributed by atoms with van der Waals surface area (Å²) >= 11 is 1.65. The highest BCUT2D eigenvalue weighted by Gasteiger charge is 2.31. The molecule has 3 heterocycles. The van der Waals surface area contributed by atoms with Gasteiger partial charge in [0, 0.05) is 11.4 Å². The Morgan fingerprint density at radius 2 is 2.26 bits per heavy atom. The first-order valence-corrected chi connectivity index (χ1v) is 9.01. The lowest BCUT2D eigenvalue weighted by Gasteiger charge is -2.30. The number of methoxy groups -OCH3 is 1. The molecule has 7 heteroatoms. The number of carbonyl (C=O) groups is 1. The van der Waals surface area contributed by atoms with Crippen LogP contribution in [0.15, 0.2) is 0 Å². The Kier molecular flexibility index (Phi) is 6.83. The Morgan fingerprint density at radius 1 is 1.43 bits per heavy atom. The Balaban J connectivity index is 0.00000192. The minimum atomic E-state index is -0.318. The third-order valence-electron chi connectivity index (χ3n) is 4.73. The molecule has 3 rings (SSSR count). The van der Waals surface area contributed by atoms with Crippen molar-refractivity contribution in [2.24, 2.45) is 5.92 Å². The third kappa shape index (κ3) is 4.24. The Morgan fingerprint density at radius 3 is 2.96 bits per heavy atom. The lowest BCUT2D eigenvalue weighted by molar-refractivity contribution is 0.0593. The van der Waals surface area contributed by atoms with Crippen LogP contribution in [-0.2, 0) is 4.74 Å². The molecular weight excluding hydrogens is 334 g/mol. The molecule has 0 radical (unpaired) electrons. The number of aromatic nitrogens is 1. The molecule has 2 saturated heterocycles. The molecule has 0 saturated carbocycles. The maximum atomic E-state index is 11.8. The van der Waals surface area contributed by atoms with Gasteiger partial charge in [0.2, 0.25) is 0 Å². The monoisotopic (exact) mass is 359 g/mol. The van der Waals surface area contributed by atoms with Crippen LogP contribution in [0.25, 0.3) is 0 Å². The van der Waals surface area contributed by atoms with E-state index >= 15 is 0 Å². The summed E-state index contributed by atoms with van der Waals surface area (Å²) < 4.78 is 4.82. The number of aryl methyl sites for hydroxylation is 1. The van der Waals surface area contributed by atoms with Crippen molar-refractivity contribution in [1.82, 2.24) is 15.2 Å². The van der Waals surface area contributed by atoms with Gasteiger partial charge in [-0.15, -0.1) is 23.7 Å². The van der Waals surface area contributed by atoms with E-state index in [4.69, 9.17) is 4.74 Å². The zero-order chi connectivity index (χ0) is 15.5. The van der Waals surface area contributed by atoms with E-state index in [0.29, 0.717) is 11.7 Å². The summed E-state index contributed by atoms with van der Waals surface area (Å²) in [5, 5.41) is 4.58. The largest absolute Gasteiger partial charge is 0.464 e. The van der Waals surface area contributed by atoms with E-state index in [1.54, 1.807) is 11.3 Å². The van der Waals surface area contributed by atoms with Gasteiger partial charge in [0.1, 0.15) is 5.01 Å². The van der Waals surface area contributed by atoms with Crippen LogP contribution in [0.5, 0.6) is 0 Å². The van der Waals surface area contributed by atoms with Gasteiger partial charge in [0.05, 0.1) is 13.2 Å². The van der Waals surface area contributed by atoms with Crippen LogP contribution >= 0.6 is 23.7 Å². The van der Waals surface area contributed by atoms with E-state index in [-0.39, 0.29) is 18.4 Å². The summed E-state index contributed by atoms with van der Waals surface area (Å²) in [5.74, 6) is 0.427. The van der Waals surface area contributed by atoms with Crippen LogP contribution in [0.4, 0.5) is 0 Å². The smallest absolute Gasteiger partial charge is 0.357 e. The summed E-state index contributed by atoms with van der Waals surface area (Å²) in [6, 6.07) is 0.379. The Labute approximate surface area is 148 Å². The Bertz CT molecular complexity index is 531. The van der Waals surface area contributed by atoms with Crippen molar-refractivity contribution in [3.8, 4) is 0 Å². The SMILES string of the molecule is COC(=O)c1nc(C2CCCN2CC2CCCNC2)sc1C.Cl. The number of thiazole rings is 1. The first kappa shape index (κ1) is 18.6. The van der Waals surface area contributed by atoms with Gasteiger partial charge < -0.3 is 10.1 Å². The molecule has 2 aliphatic heterocycles. The van der Waals surface area contributed by atoms with Gasteiger partial charge in [-0.1, -0.05) is 0 Å². The minimum Gasteiger partial charge on any atom is -0.464 e. The number of carbonyl (C=O) groups excluding carboxylic acids is 1. The second-order valence-corrected chi connectivity index (χ2v) is 7.55. The summed E-state index contributed by atoms with van der Waals surface area (Å²) in [6.45, 7) is 6.54. The molecule has 2 aliphatic rings. The molecule has 5 nitrogen and oxygen atoms in total. The maximum Gasteiger partial charge on any atom is 0.357 e. The minimum absolute atomic E-state index is 0. The Hall–Kier alpha value is -0.690. The normalized spacial score (nSPS) is 25.1. The number of halogens is 1.